The number of esters is 1. The van der Waals surface area contributed by atoms with Crippen LogP contribution in [0.1, 0.15) is 37.0 Å². The highest BCUT2D eigenvalue weighted by molar-refractivity contribution is 5.88. The number of ether oxygens (including phenoxy) is 2. The van der Waals surface area contributed by atoms with Crippen molar-refractivity contribution in [1.29, 1.82) is 0 Å². The topological polar surface area (TPSA) is 35.5 Å². The predicted molar refractivity (Wildman–Crippen MR) is 87.2 cm³/mol. The molecule has 1 heterocycles. The normalized spacial score (nSPS) is 25.0. The van der Waals surface area contributed by atoms with Gasteiger partial charge in [0.05, 0.1) is 6.61 Å². The quantitative estimate of drug-likeness (QED) is 0.791. The van der Waals surface area contributed by atoms with Gasteiger partial charge >= 0.3 is 5.97 Å². The van der Waals surface area contributed by atoms with Gasteiger partial charge in [-0.05, 0) is 49.4 Å². The van der Waals surface area contributed by atoms with Crippen LogP contribution >= 0.6 is 0 Å². The molecule has 0 spiro atoms. The van der Waals surface area contributed by atoms with E-state index in [0.717, 1.165) is 24.0 Å². The first-order valence-electron chi connectivity index (χ1n) is 8.36. The van der Waals surface area contributed by atoms with Crippen molar-refractivity contribution >= 4 is 5.97 Å². The molecule has 2 atom stereocenters. The summed E-state index contributed by atoms with van der Waals surface area (Å²) in [5.41, 5.74) is 0.845. The second-order valence-electron chi connectivity index (χ2n) is 6.41. The molecule has 4 heteroatoms. The van der Waals surface area contributed by atoms with Crippen LogP contribution in [0.15, 0.2) is 48.5 Å². The third-order valence-corrected chi connectivity index (χ3v) is 5.00. The average Bonchev–Trinajstić information content (AvgIpc) is 3.37. The molecule has 4 rings (SSSR count). The summed E-state index contributed by atoms with van der Waals surface area (Å²) < 4.78 is 25.0. The third kappa shape index (κ3) is 2.13. The first-order valence-corrected chi connectivity index (χ1v) is 8.36. The van der Waals surface area contributed by atoms with Gasteiger partial charge in [0.2, 0.25) is 0 Å². The molecule has 2 aliphatic rings. The highest BCUT2D eigenvalue weighted by atomic mass is 19.1. The van der Waals surface area contributed by atoms with Crippen LogP contribution in [0.2, 0.25) is 0 Å². The lowest BCUT2D eigenvalue weighted by molar-refractivity contribution is -0.154. The Morgan fingerprint density at radius 2 is 1.92 bits per heavy atom. The molecule has 0 radical (unpaired) electrons. The molecular formula is C20H19FO3. The number of carbonyl (C=O) groups excluding carboxylic acids is 1. The lowest BCUT2D eigenvalue weighted by Crippen LogP contribution is -2.43. The first-order chi connectivity index (χ1) is 11.7. The van der Waals surface area contributed by atoms with Gasteiger partial charge in [-0.2, -0.15) is 0 Å². The van der Waals surface area contributed by atoms with Gasteiger partial charge in [0.15, 0.2) is 0 Å². The summed E-state index contributed by atoms with van der Waals surface area (Å²) in [4.78, 5) is 13.1. The van der Waals surface area contributed by atoms with E-state index in [9.17, 15) is 9.18 Å². The lowest BCUT2D eigenvalue weighted by atomic mass is 9.70. The molecule has 2 unspecified atom stereocenters. The average molecular weight is 326 g/mol. The molecule has 1 saturated carbocycles. The minimum absolute atomic E-state index is 0.190. The molecule has 0 aromatic heterocycles. The summed E-state index contributed by atoms with van der Waals surface area (Å²) in [6, 6.07) is 13.9. The zero-order valence-electron chi connectivity index (χ0n) is 13.5. The van der Waals surface area contributed by atoms with Crippen LogP contribution in [0.5, 0.6) is 5.75 Å². The van der Waals surface area contributed by atoms with Gasteiger partial charge in [-0.25, -0.2) is 4.39 Å². The van der Waals surface area contributed by atoms with Gasteiger partial charge in [-0.3, -0.25) is 4.79 Å². The molecule has 0 N–H and O–H groups in total. The standard InChI is InChI=1S/C20H19FO3/c1-2-23-19(22)20(14-9-10-14)16-5-3-4-6-17(16)24-18(20)13-7-11-15(21)12-8-13/h3-8,11-12,14,18H,2,9-10H2,1H3. The van der Waals surface area contributed by atoms with E-state index in [1.807, 2.05) is 31.2 Å². The smallest absolute Gasteiger partial charge is 0.321 e. The van der Waals surface area contributed by atoms with Crippen LogP contribution in [-0.2, 0) is 14.9 Å². The fraction of sp³-hybridized carbons (Fsp3) is 0.350. The van der Waals surface area contributed by atoms with Gasteiger partial charge in [0.1, 0.15) is 23.1 Å². The summed E-state index contributed by atoms with van der Waals surface area (Å²) in [7, 11) is 0. The van der Waals surface area contributed by atoms with Crippen molar-refractivity contribution in [3.63, 3.8) is 0 Å². The minimum atomic E-state index is -0.843. The number of hydrogen-bond acceptors (Lipinski definition) is 3. The van der Waals surface area contributed by atoms with Crippen molar-refractivity contribution in [3.05, 3.63) is 65.5 Å². The number of carbonyl (C=O) groups is 1. The monoisotopic (exact) mass is 326 g/mol. The highest BCUT2D eigenvalue weighted by Gasteiger charge is 2.63. The second kappa shape index (κ2) is 5.62. The Morgan fingerprint density at radius 1 is 1.21 bits per heavy atom. The van der Waals surface area contributed by atoms with E-state index in [1.165, 1.54) is 12.1 Å². The largest absolute Gasteiger partial charge is 0.484 e. The molecular weight excluding hydrogens is 307 g/mol. The molecule has 2 aromatic rings. The van der Waals surface area contributed by atoms with Gasteiger partial charge < -0.3 is 9.47 Å². The molecule has 24 heavy (non-hydrogen) atoms. The number of halogens is 1. The number of para-hydroxylation sites is 1. The maximum Gasteiger partial charge on any atom is 0.321 e. The van der Waals surface area contributed by atoms with Gasteiger partial charge in [-0.15, -0.1) is 0 Å². The summed E-state index contributed by atoms with van der Waals surface area (Å²) in [5.74, 6) is 0.358. The van der Waals surface area contributed by atoms with Gasteiger partial charge in [0.25, 0.3) is 0 Å². The Morgan fingerprint density at radius 3 is 2.58 bits per heavy atom. The molecule has 1 aliphatic heterocycles. The van der Waals surface area contributed by atoms with Crippen LogP contribution < -0.4 is 4.74 Å². The van der Waals surface area contributed by atoms with Crippen molar-refractivity contribution in [3.8, 4) is 5.75 Å². The Hall–Kier alpha value is -2.36. The minimum Gasteiger partial charge on any atom is -0.484 e. The summed E-state index contributed by atoms with van der Waals surface area (Å²) in [6.07, 6.45) is 1.45. The van der Waals surface area contributed by atoms with E-state index in [-0.39, 0.29) is 17.7 Å². The van der Waals surface area contributed by atoms with Gasteiger partial charge in [0, 0.05) is 5.56 Å². The van der Waals surface area contributed by atoms with Gasteiger partial charge in [-0.1, -0.05) is 30.3 Å². The van der Waals surface area contributed by atoms with E-state index < -0.39 is 11.5 Å². The van der Waals surface area contributed by atoms with Crippen LogP contribution in [0, 0.1) is 11.7 Å². The summed E-state index contributed by atoms with van der Waals surface area (Å²) in [5, 5.41) is 0. The van der Waals surface area contributed by atoms with Crippen molar-refractivity contribution < 1.29 is 18.7 Å². The van der Waals surface area contributed by atoms with Crippen molar-refractivity contribution in [2.75, 3.05) is 6.61 Å². The summed E-state index contributed by atoms with van der Waals surface area (Å²) >= 11 is 0. The van der Waals surface area contributed by atoms with E-state index >= 15 is 0 Å². The first kappa shape index (κ1) is 15.2. The van der Waals surface area contributed by atoms with E-state index in [4.69, 9.17) is 9.47 Å². The lowest BCUT2D eigenvalue weighted by Gasteiger charge is -2.32. The molecule has 124 valence electrons. The zero-order chi connectivity index (χ0) is 16.7. The number of hydrogen-bond donors (Lipinski definition) is 0. The van der Waals surface area contributed by atoms with Crippen molar-refractivity contribution in [2.45, 2.75) is 31.3 Å². The number of fused-ring (bicyclic) bond motifs is 1. The van der Waals surface area contributed by atoms with E-state index in [0.29, 0.717) is 12.4 Å². The fourth-order valence-electron chi connectivity index (χ4n) is 3.85. The molecule has 0 amide bonds. The highest BCUT2D eigenvalue weighted by Crippen LogP contribution is 2.61. The maximum atomic E-state index is 13.3. The molecule has 1 fully saturated rings. The Labute approximate surface area is 140 Å². The van der Waals surface area contributed by atoms with Crippen LogP contribution in [0.3, 0.4) is 0 Å². The summed E-state index contributed by atoms with van der Waals surface area (Å²) in [6.45, 7) is 2.14. The molecule has 1 aliphatic carbocycles. The molecule has 2 aromatic carbocycles. The van der Waals surface area contributed by atoms with Crippen molar-refractivity contribution in [1.82, 2.24) is 0 Å². The van der Waals surface area contributed by atoms with Crippen LogP contribution in [0.25, 0.3) is 0 Å². The number of benzene rings is 2. The second-order valence-corrected chi connectivity index (χ2v) is 6.41. The SMILES string of the molecule is CCOC(=O)C1(C2CC2)c2ccccc2OC1c1ccc(F)cc1. The maximum absolute atomic E-state index is 13.3. The van der Waals surface area contributed by atoms with Crippen LogP contribution in [0.4, 0.5) is 4.39 Å². The van der Waals surface area contributed by atoms with Crippen LogP contribution in [-0.4, -0.2) is 12.6 Å². The molecule has 0 bridgehead atoms. The third-order valence-electron chi connectivity index (χ3n) is 5.00. The Balaban J connectivity index is 1.89. The zero-order valence-corrected chi connectivity index (χ0v) is 13.5. The predicted octanol–water partition coefficient (Wildman–Crippen LogP) is 4.17. The number of rotatable bonds is 4. The molecule has 0 saturated heterocycles. The fourth-order valence-corrected chi connectivity index (χ4v) is 3.85. The molecule has 3 nitrogen and oxygen atoms in total. The Kier molecular flexibility index (Phi) is 3.56. The van der Waals surface area contributed by atoms with E-state index in [1.54, 1.807) is 12.1 Å². The van der Waals surface area contributed by atoms with Crippen molar-refractivity contribution in [2.24, 2.45) is 5.92 Å². The Bertz CT molecular complexity index is 767. The van der Waals surface area contributed by atoms with E-state index in [2.05, 4.69) is 0 Å².